The van der Waals surface area contributed by atoms with E-state index in [1.807, 2.05) is 0 Å². The van der Waals surface area contributed by atoms with Gasteiger partial charge in [0.1, 0.15) is 0 Å². The Hall–Kier alpha value is -2.20. The van der Waals surface area contributed by atoms with Gasteiger partial charge in [-0.25, -0.2) is 0 Å². The van der Waals surface area contributed by atoms with E-state index < -0.39 is 0 Å². The van der Waals surface area contributed by atoms with Gasteiger partial charge in [-0.3, -0.25) is 4.90 Å². The first-order chi connectivity index (χ1) is 12.9. The van der Waals surface area contributed by atoms with Crippen molar-refractivity contribution in [1.82, 2.24) is 10.2 Å². The van der Waals surface area contributed by atoms with Crippen LogP contribution in [0, 0.1) is 0 Å². The van der Waals surface area contributed by atoms with Crippen molar-refractivity contribution in [3.05, 3.63) is 60.2 Å². The molecule has 4 aromatic rings. The fraction of sp³-hybridized carbons (Fsp3) is 0.304. The Morgan fingerprint density at radius 3 is 2.23 bits per heavy atom. The van der Waals surface area contributed by atoms with Crippen LogP contribution in [0.5, 0.6) is 0 Å². The number of piperazine rings is 1. The summed E-state index contributed by atoms with van der Waals surface area (Å²) in [5, 5.41) is 21.2. The van der Waals surface area contributed by atoms with E-state index >= 15 is 0 Å². The third-order valence-corrected chi connectivity index (χ3v) is 5.92. The number of nitrogens with one attached hydrogen (secondary N) is 1. The van der Waals surface area contributed by atoms with Crippen molar-refractivity contribution in [2.45, 2.75) is 12.5 Å². The molecular formula is C23H24N2O. The molecule has 3 nitrogen and oxygen atoms in total. The van der Waals surface area contributed by atoms with Gasteiger partial charge in [-0.1, -0.05) is 54.6 Å². The Kier molecular flexibility index (Phi) is 4.01. The first-order valence-electron chi connectivity index (χ1n) is 9.59. The molecule has 0 bridgehead atoms. The van der Waals surface area contributed by atoms with Gasteiger partial charge in [0.25, 0.3) is 0 Å². The Balaban J connectivity index is 1.76. The van der Waals surface area contributed by atoms with Crippen LogP contribution in [-0.2, 0) is 0 Å². The molecule has 1 saturated heterocycles. The van der Waals surface area contributed by atoms with E-state index in [-0.39, 0.29) is 12.6 Å². The fourth-order valence-electron chi connectivity index (χ4n) is 4.70. The van der Waals surface area contributed by atoms with E-state index in [1.54, 1.807) is 0 Å². The molecule has 3 heteroatoms. The standard InChI is InChI=1S/C23H24N2O/c26-15-10-21(25-13-11-24-12-14-25)19-8-6-18-5-4-16-2-1-3-17-7-9-20(19)23(18)22(16)17/h1-9,21,24,26H,10-15H2/t21-/m1/s1. The van der Waals surface area contributed by atoms with Crippen molar-refractivity contribution in [3.8, 4) is 0 Å². The van der Waals surface area contributed by atoms with Crippen molar-refractivity contribution in [1.29, 1.82) is 0 Å². The summed E-state index contributed by atoms with van der Waals surface area (Å²) in [5.74, 6) is 0. The van der Waals surface area contributed by atoms with Crippen molar-refractivity contribution in [2.24, 2.45) is 0 Å². The lowest BCUT2D eigenvalue weighted by atomic mass is 9.88. The van der Waals surface area contributed by atoms with Crippen LogP contribution in [-0.4, -0.2) is 42.8 Å². The topological polar surface area (TPSA) is 35.5 Å². The van der Waals surface area contributed by atoms with Crippen molar-refractivity contribution < 1.29 is 5.11 Å². The molecule has 1 heterocycles. The van der Waals surface area contributed by atoms with Gasteiger partial charge in [0, 0.05) is 38.8 Å². The van der Waals surface area contributed by atoms with E-state index in [9.17, 15) is 5.11 Å². The average molecular weight is 344 g/mol. The highest BCUT2D eigenvalue weighted by Crippen LogP contribution is 2.39. The molecule has 26 heavy (non-hydrogen) atoms. The van der Waals surface area contributed by atoms with E-state index in [0.717, 1.165) is 32.6 Å². The second-order valence-corrected chi connectivity index (χ2v) is 7.32. The lowest BCUT2D eigenvalue weighted by Gasteiger charge is -2.35. The number of aliphatic hydroxyl groups is 1. The minimum atomic E-state index is 0.219. The summed E-state index contributed by atoms with van der Waals surface area (Å²) in [4.78, 5) is 2.53. The number of hydrogen-bond acceptors (Lipinski definition) is 3. The zero-order chi connectivity index (χ0) is 17.5. The van der Waals surface area contributed by atoms with Gasteiger partial charge < -0.3 is 10.4 Å². The van der Waals surface area contributed by atoms with E-state index in [1.165, 1.54) is 37.9 Å². The molecule has 1 fully saturated rings. The maximum absolute atomic E-state index is 9.73. The second-order valence-electron chi connectivity index (χ2n) is 7.32. The largest absolute Gasteiger partial charge is 0.396 e. The summed E-state index contributed by atoms with van der Waals surface area (Å²) in [5.41, 5.74) is 1.35. The highest BCUT2D eigenvalue weighted by atomic mass is 16.3. The Labute approximate surface area is 153 Å². The summed E-state index contributed by atoms with van der Waals surface area (Å²) in [7, 11) is 0. The van der Waals surface area contributed by atoms with Crippen LogP contribution in [0.1, 0.15) is 18.0 Å². The Morgan fingerprint density at radius 2 is 1.50 bits per heavy atom. The minimum absolute atomic E-state index is 0.219. The smallest absolute Gasteiger partial charge is 0.0449 e. The Morgan fingerprint density at radius 1 is 0.846 bits per heavy atom. The summed E-state index contributed by atoms with van der Waals surface area (Å²) in [6.07, 6.45) is 0.782. The van der Waals surface area contributed by atoms with Crippen LogP contribution in [0.3, 0.4) is 0 Å². The molecule has 1 aliphatic rings. The molecule has 4 aromatic carbocycles. The van der Waals surface area contributed by atoms with Gasteiger partial charge in [-0.05, 0) is 44.3 Å². The molecule has 0 radical (unpaired) electrons. The molecule has 0 amide bonds. The average Bonchev–Trinajstić information content (AvgIpc) is 2.71. The third kappa shape index (κ3) is 2.47. The summed E-state index contributed by atoms with van der Waals surface area (Å²) < 4.78 is 0. The van der Waals surface area contributed by atoms with Crippen LogP contribution in [0.25, 0.3) is 32.3 Å². The monoisotopic (exact) mass is 344 g/mol. The molecule has 0 aliphatic carbocycles. The van der Waals surface area contributed by atoms with E-state index in [2.05, 4.69) is 64.8 Å². The van der Waals surface area contributed by atoms with Crippen LogP contribution in [0.4, 0.5) is 0 Å². The molecule has 0 unspecified atom stereocenters. The molecule has 2 N–H and O–H groups in total. The van der Waals surface area contributed by atoms with Gasteiger partial charge >= 0.3 is 0 Å². The van der Waals surface area contributed by atoms with E-state index in [4.69, 9.17) is 0 Å². The maximum atomic E-state index is 9.73. The van der Waals surface area contributed by atoms with Crippen molar-refractivity contribution in [3.63, 3.8) is 0 Å². The highest BCUT2D eigenvalue weighted by molar-refractivity contribution is 6.23. The lowest BCUT2D eigenvalue weighted by Crippen LogP contribution is -2.45. The van der Waals surface area contributed by atoms with Crippen molar-refractivity contribution in [2.75, 3.05) is 32.8 Å². The van der Waals surface area contributed by atoms with E-state index in [0.29, 0.717) is 0 Å². The lowest BCUT2D eigenvalue weighted by molar-refractivity contribution is 0.142. The van der Waals surface area contributed by atoms with Gasteiger partial charge in [0.2, 0.25) is 0 Å². The molecule has 1 atom stereocenters. The number of benzene rings is 4. The SMILES string of the molecule is OCC[C@H](c1ccc2ccc3cccc4ccc1c2c34)N1CCNCC1. The summed E-state index contributed by atoms with van der Waals surface area (Å²) in [6.45, 7) is 4.33. The Bertz CT molecular complexity index is 1040. The number of rotatable bonds is 4. The number of aliphatic hydroxyl groups excluding tert-OH is 1. The summed E-state index contributed by atoms with van der Waals surface area (Å²) in [6, 6.07) is 20.4. The highest BCUT2D eigenvalue weighted by Gasteiger charge is 2.24. The second kappa shape index (κ2) is 6.51. The molecule has 1 aliphatic heterocycles. The normalized spacial score (nSPS) is 17.4. The van der Waals surface area contributed by atoms with Crippen LogP contribution in [0.15, 0.2) is 54.6 Å². The minimum Gasteiger partial charge on any atom is -0.396 e. The molecule has 0 aromatic heterocycles. The first-order valence-corrected chi connectivity index (χ1v) is 9.59. The number of nitrogens with zero attached hydrogens (tertiary/aromatic N) is 1. The maximum Gasteiger partial charge on any atom is 0.0449 e. The number of hydrogen-bond donors (Lipinski definition) is 2. The molecule has 5 rings (SSSR count). The van der Waals surface area contributed by atoms with Gasteiger partial charge in [-0.15, -0.1) is 0 Å². The van der Waals surface area contributed by atoms with Gasteiger partial charge in [-0.2, -0.15) is 0 Å². The molecule has 0 spiro atoms. The third-order valence-electron chi connectivity index (χ3n) is 5.92. The zero-order valence-electron chi connectivity index (χ0n) is 14.9. The molecule has 132 valence electrons. The predicted molar refractivity (Wildman–Crippen MR) is 109 cm³/mol. The van der Waals surface area contributed by atoms with Gasteiger partial charge in [0.15, 0.2) is 0 Å². The fourth-order valence-corrected chi connectivity index (χ4v) is 4.70. The van der Waals surface area contributed by atoms with Crippen LogP contribution < -0.4 is 5.32 Å². The van der Waals surface area contributed by atoms with Crippen LogP contribution >= 0.6 is 0 Å². The van der Waals surface area contributed by atoms with Crippen molar-refractivity contribution >= 4 is 32.3 Å². The predicted octanol–water partition coefficient (Wildman–Crippen LogP) is 3.91. The zero-order valence-corrected chi connectivity index (χ0v) is 14.9. The summed E-state index contributed by atoms with van der Waals surface area (Å²) >= 11 is 0. The molecule has 0 saturated carbocycles. The van der Waals surface area contributed by atoms with Gasteiger partial charge in [0.05, 0.1) is 0 Å². The molecular weight excluding hydrogens is 320 g/mol. The first kappa shape index (κ1) is 16.0. The quantitative estimate of drug-likeness (QED) is 0.551. The van der Waals surface area contributed by atoms with Crippen LogP contribution in [0.2, 0.25) is 0 Å².